The van der Waals surface area contributed by atoms with Gasteiger partial charge in [0.1, 0.15) is 0 Å². The molecular formula is C15H26N2O. The highest BCUT2D eigenvalue weighted by molar-refractivity contribution is 5.78. The van der Waals surface area contributed by atoms with Crippen molar-refractivity contribution in [2.45, 2.75) is 39.5 Å². The molecule has 0 fully saturated rings. The number of hydrogen-bond donors (Lipinski definition) is 2. The summed E-state index contributed by atoms with van der Waals surface area (Å²) in [6.07, 6.45) is 8.73. The highest BCUT2D eigenvalue weighted by atomic mass is 16.1. The second kappa shape index (κ2) is 9.63. The number of carbonyl (C=O) groups is 1. The molecule has 0 aromatic rings. The van der Waals surface area contributed by atoms with Crippen LogP contribution in [0.5, 0.6) is 0 Å². The van der Waals surface area contributed by atoms with Crippen molar-refractivity contribution in [1.29, 1.82) is 5.41 Å². The molecule has 0 spiro atoms. The summed E-state index contributed by atoms with van der Waals surface area (Å²) in [6, 6.07) is 0. The quantitative estimate of drug-likeness (QED) is 0.478. The van der Waals surface area contributed by atoms with Crippen LogP contribution >= 0.6 is 0 Å². The van der Waals surface area contributed by atoms with Crippen LogP contribution in [0, 0.1) is 17.2 Å². The van der Waals surface area contributed by atoms with Crippen LogP contribution in [0.25, 0.3) is 0 Å². The third-order valence-electron chi connectivity index (χ3n) is 3.30. The molecule has 0 aromatic carbocycles. The van der Waals surface area contributed by atoms with Crippen LogP contribution < -0.4 is 5.32 Å². The summed E-state index contributed by atoms with van der Waals surface area (Å²) < 4.78 is 0. The van der Waals surface area contributed by atoms with Crippen LogP contribution in [0.3, 0.4) is 0 Å². The monoisotopic (exact) mass is 250 g/mol. The zero-order chi connectivity index (χ0) is 14.0. The minimum Gasteiger partial charge on any atom is -0.359 e. The summed E-state index contributed by atoms with van der Waals surface area (Å²) in [5.74, 6) is 0.408. The van der Waals surface area contributed by atoms with E-state index < -0.39 is 0 Å². The lowest BCUT2D eigenvalue weighted by atomic mass is 9.86. The Morgan fingerprint density at radius 1 is 1.50 bits per heavy atom. The van der Waals surface area contributed by atoms with E-state index in [4.69, 9.17) is 5.41 Å². The Balaban J connectivity index is 4.58. The zero-order valence-electron chi connectivity index (χ0n) is 11.8. The first-order valence-corrected chi connectivity index (χ1v) is 6.62. The Morgan fingerprint density at radius 3 is 2.61 bits per heavy atom. The molecule has 1 amide bonds. The molecular weight excluding hydrogens is 224 g/mol. The average Bonchev–Trinajstić information content (AvgIpc) is 2.39. The first-order valence-electron chi connectivity index (χ1n) is 6.62. The van der Waals surface area contributed by atoms with Gasteiger partial charge in [0.2, 0.25) is 5.91 Å². The molecule has 3 nitrogen and oxygen atoms in total. The Morgan fingerprint density at radius 2 is 2.17 bits per heavy atom. The van der Waals surface area contributed by atoms with Gasteiger partial charge in [-0.2, -0.15) is 0 Å². The molecule has 0 saturated carbocycles. The van der Waals surface area contributed by atoms with Gasteiger partial charge >= 0.3 is 0 Å². The third kappa shape index (κ3) is 5.80. The maximum absolute atomic E-state index is 11.8. The van der Waals surface area contributed by atoms with E-state index in [2.05, 4.69) is 24.9 Å². The molecule has 0 rings (SSSR count). The molecule has 0 radical (unpaired) electrons. The summed E-state index contributed by atoms with van der Waals surface area (Å²) in [5.41, 5.74) is 1.03. The van der Waals surface area contributed by atoms with Gasteiger partial charge in [0.15, 0.2) is 0 Å². The average molecular weight is 250 g/mol. The summed E-state index contributed by atoms with van der Waals surface area (Å²) in [4.78, 5) is 11.8. The van der Waals surface area contributed by atoms with Crippen molar-refractivity contribution in [3.63, 3.8) is 0 Å². The van der Waals surface area contributed by atoms with E-state index in [0.717, 1.165) is 31.3 Å². The summed E-state index contributed by atoms with van der Waals surface area (Å²) >= 11 is 0. The van der Waals surface area contributed by atoms with Crippen LogP contribution in [0.1, 0.15) is 39.5 Å². The Kier molecular flexibility index (Phi) is 8.89. The number of rotatable bonds is 9. The summed E-state index contributed by atoms with van der Waals surface area (Å²) in [5, 5.41) is 9.99. The lowest BCUT2D eigenvalue weighted by Crippen LogP contribution is -2.31. The Bertz CT molecular complexity index is 308. The molecule has 3 heteroatoms. The smallest absolute Gasteiger partial charge is 0.223 e. The predicted molar refractivity (Wildman–Crippen MR) is 77.9 cm³/mol. The van der Waals surface area contributed by atoms with Gasteiger partial charge in [-0.1, -0.05) is 26.0 Å². The van der Waals surface area contributed by atoms with Crippen molar-refractivity contribution in [3.8, 4) is 0 Å². The lowest BCUT2D eigenvalue weighted by Gasteiger charge is -2.21. The van der Waals surface area contributed by atoms with Gasteiger partial charge in [0, 0.05) is 19.2 Å². The van der Waals surface area contributed by atoms with E-state index in [0.29, 0.717) is 0 Å². The zero-order valence-corrected chi connectivity index (χ0v) is 11.8. The number of amides is 1. The van der Waals surface area contributed by atoms with Gasteiger partial charge in [-0.25, -0.2) is 0 Å². The van der Waals surface area contributed by atoms with Gasteiger partial charge in [0.25, 0.3) is 0 Å². The van der Waals surface area contributed by atoms with Crippen LogP contribution in [0.15, 0.2) is 24.3 Å². The molecule has 0 aliphatic heterocycles. The van der Waals surface area contributed by atoms with Gasteiger partial charge in [0.05, 0.1) is 0 Å². The predicted octanol–water partition coefficient (Wildman–Crippen LogP) is 3.33. The van der Waals surface area contributed by atoms with E-state index in [1.807, 2.05) is 13.0 Å². The largest absolute Gasteiger partial charge is 0.359 e. The maximum Gasteiger partial charge on any atom is 0.223 e. The number of carbonyl (C=O) groups excluding carboxylic acids is 1. The second-order valence-corrected chi connectivity index (χ2v) is 4.58. The van der Waals surface area contributed by atoms with E-state index >= 15 is 0 Å². The molecule has 0 aliphatic rings. The first-order chi connectivity index (χ1) is 8.60. The summed E-state index contributed by atoms with van der Waals surface area (Å²) in [6.45, 7) is 7.84. The standard InChI is InChI=1S/C15H26N2O/c1-5-7-8-14(15(18)17-4)12(3)9-10-13(6-2)11-16/h5,10-12,14,16H,1,6-9H2,2-4H3,(H,17,18)/b13-10-,16-11?. The fraction of sp³-hybridized carbons (Fsp3) is 0.600. The normalized spacial score (nSPS) is 14.7. The van der Waals surface area contributed by atoms with E-state index in [9.17, 15) is 4.79 Å². The fourth-order valence-electron chi connectivity index (χ4n) is 1.96. The topological polar surface area (TPSA) is 53.0 Å². The molecule has 2 N–H and O–H groups in total. The maximum atomic E-state index is 11.8. The molecule has 0 saturated heterocycles. The van der Waals surface area contributed by atoms with E-state index in [1.54, 1.807) is 7.05 Å². The van der Waals surface area contributed by atoms with Crippen LogP contribution in [-0.2, 0) is 4.79 Å². The minimum absolute atomic E-state index is 0.0214. The molecule has 102 valence electrons. The first kappa shape index (κ1) is 16.6. The van der Waals surface area contributed by atoms with Gasteiger partial charge in [-0.05, 0) is 37.2 Å². The molecule has 0 bridgehead atoms. The van der Waals surface area contributed by atoms with Crippen molar-refractivity contribution in [1.82, 2.24) is 5.32 Å². The molecule has 2 unspecified atom stereocenters. The second-order valence-electron chi connectivity index (χ2n) is 4.58. The molecule has 0 aromatic heterocycles. The summed E-state index contributed by atoms with van der Waals surface area (Å²) in [7, 11) is 1.68. The molecule has 2 atom stereocenters. The van der Waals surface area contributed by atoms with Crippen molar-refractivity contribution in [2.75, 3.05) is 7.05 Å². The fourth-order valence-corrected chi connectivity index (χ4v) is 1.96. The Hall–Kier alpha value is -1.38. The molecule has 0 heterocycles. The number of allylic oxidation sites excluding steroid dienone is 3. The van der Waals surface area contributed by atoms with Crippen LogP contribution in [0.2, 0.25) is 0 Å². The van der Waals surface area contributed by atoms with E-state index in [1.165, 1.54) is 6.21 Å². The highest BCUT2D eigenvalue weighted by Crippen LogP contribution is 2.22. The van der Waals surface area contributed by atoms with Gasteiger partial charge in [-0.15, -0.1) is 6.58 Å². The van der Waals surface area contributed by atoms with Crippen LogP contribution in [-0.4, -0.2) is 19.2 Å². The SMILES string of the molecule is C=CCCC(C(=O)NC)C(C)C/C=C(\C=N)CC. The van der Waals surface area contributed by atoms with Crippen molar-refractivity contribution in [3.05, 3.63) is 24.3 Å². The number of nitrogens with one attached hydrogen (secondary N) is 2. The number of hydrogen-bond acceptors (Lipinski definition) is 2. The van der Waals surface area contributed by atoms with Gasteiger partial charge < -0.3 is 10.7 Å². The van der Waals surface area contributed by atoms with E-state index in [-0.39, 0.29) is 17.7 Å². The van der Waals surface area contributed by atoms with Crippen LogP contribution in [0.4, 0.5) is 0 Å². The lowest BCUT2D eigenvalue weighted by molar-refractivity contribution is -0.126. The minimum atomic E-state index is 0.0214. The van der Waals surface area contributed by atoms with Crippen molar-refractivity contribution in [2.24, 2.45) is 11.8 Å². The Labute approximate surface area is 111 Å². The van der Waals surface area contributed by atoms with Crippen molar-refractivity contribution < 1.29 is 4.79 Å². The van der Waals surface area contributed by atoms with Crippen molar-refractivity contribution >= 4 is 12.1 Å². The third-order valence-corrected chi connectivity index (χ3v) is 3.30. The van der Waals surface area contributed by atoms with Gasteiger partial charge in [-0.3, -0.25) is 4.79 Å². The highest BCUT2D eigenvalue weighted by Gasteiger charge is 2.22. The molecule has 18 heavy (non-hydrogen) atoms. The molecule has 0 aliphatic carbocycles.